The molecule has 0 aromatic carbocycles. The number of aromatic nitrogens is 2. The van der Waals surface area contributed by atoms with Crippen LogP contribution in [-0.2, 0) is 9.84 Å². The summed E-state index contributed by atoms with van der Waals surface area (Å²) in [5, 5.41) is 1.04. The van der Waals surface area contributed by atoms with Gasteiger partial charge >= 0.3 is 0 Å². The lowest BCUT2D eigenvalue weighted by atomic mass is 9.93. The van der Waals surface area contributed by atoms with Crippen LogP contribution >= 0.6 is 0 Å². The Morgan fingerprint density at radius 1 is 1.42 bits per heavy atom. The molecule has 1 aliphatic rings. The van der Waals surface area contributed by atoms with Gasteiger partial charge in [-0.25, -0.2) is 18.4 Å². The molecular formula is C13H19N3O2S. The first-order chi connectivity index (χ1) is 9.11. The molecule has 1 aliphatic heterocycles. The summed E-state index contributed by atoms with van der Waals surface area (Å²) >= 11 is 0. The van der Waals surface area contributed by atoms with Gasteiger partial charge in [0.15, 0.2) is 9.84 Å². The van der Waals surface area contributed by atoms with E-state index < -0.39 is 9.84 Å². The Labute approximate surface area is 114 Å². The second-order valence-corrected chi connectivity index (χ2v) is 6.85. The van der Waals surface area contributed by atoms with Crippen molar-refractivity contribution in [1.82, 2.24) is 14.9 Å². The van der Waals surface area contributed by atoms with Crippen LogP contribution in [0.1, 0.15) is 24.5 Å². The van der Waals surface area contributed by atoms with E-state index in [1.807, 2.05) is 6.07 Å². The van der Waals surface area contributed by atoms with E-state index in [9.17, 15) is 8.42 Å². The lowest BCUT2D eigenvalue weighted by Crippen LogP contribution is -2.36. The van der Waals surface area contributed by atoms with Crippen molar-refractivity contribution in [3.05, 3.63) is 36.3 Å². The van der Waals surface area contributed by atoms with Gasteiger partial charge in [0.1, 0.15) is 6.33 Å². The Balaban J connectivity index is 1.81. The molecule has 0 amide bonds. The van der Waals surface area contributed by atoms with Gasteiger partial charge < -0.3 is 4.90 Å². The Morgan fingerprint density at radius 3 is 2.74 bits per heavy atom. The van der Waals surface area contributed by atoms with Gasteiger partial charge in [-0.1, -0.05) is 6.58 Å². The molecule has 1 aromatic rings. The molecule has 0 aliphatic carbocycles. The standard InChI is InChI=1S/C13H19N3O2S/c1-2-19(17,18)10-9-16-7-4-12(5-8-16)13-3-6-14-11-15-13/h2-3,6,11-12H,1,4-5,7-10H2. The molecule has 1 aromatic heterocycles. The molecule has 0 saturated carbocycles. The summed E-state index contributed by atoms with van der Waals surface area (Å²) < 4.78 is 22.7. The summed E-state index contributed by atoms with van der Waals surface area (Å²) in [7, 11) is -3.08. The van der Waals surface area contributed by atoms with Crippen LogP contribution in [0.5, 0.6) is 0 Å². The highest BCUT2D eigenvalue weighted by atomic mass is 32.2. The summed E-state index contributed by atoms with van der Waals surface area (Å²) in [6.07, 6.45) is 5.39. The molecule has 2 rings (SSSR count). The van der Waals surface area contributed by atoms with Crippen molar-refractivity contribution in [3.8, 4) is 0 Å². The third kappa shape index (κ3) is 4.11. The fourth-order valence-electron chi connectivity index (χ4n) is 2.33. The molecular weight excluding hydrogens is 262 g/mol. The summed E-state index contributed by atoms with van der Waals surface area (Å²) in [5.41, 5.74) is 1.09. The maximum absolute atomic E-state index is 11.4. The van der Waals surface area contributed by atoms with Crippen LogP contribution in [0.15, 0.2) is 30.6 Å². The Kier molecular flexibility index (Phi) is 4.66. The molecule has 19 heavy (non-hydrogen) atoms. The molecule has 5 nitrogen and oxygen atoms in total. The summed E-state index contributed by atoms with van der Waals surface area (Å²) in [5.74, 6) is 0.629. The van der Waals surface area contributed by atoms with Gasteiger partial charge in [0.25, 0.3) is 0 Å². The van der Waals surface area contributed by atoms with Gasteiger partial charge in [-0.05, 0) is 32.0 Å². The molecule has 0 N–H and O–H groups in total. The first-order valence-electron chi connectivity index (χ1n) is 6.44. The van der Waals surface area contributed by atoms with Crippen molar-refractivity contribution in [2.45, 2.75) is 18.8 Å². The van der Waals surface area contributed by atoms with Crippen molar-refractivity contribution in [2.75, 3.05) is 25.4 Å². The van der Waals surface area contributed by atoms with Crippen LogP contribution in [-0.4, -0.2) is 48.7 Å². The lowest BCUT2D eigenvalue weighted by molar-refractivity contribution is 0.221. The average Bonchev–Trinajstić information content (AvgIpc) is 2.47. The van der Waals surface area contributed by atoms with Gasteiger partial charge in [0, 0.05) is 29.8 Å². The Hall–Kier alpha value is -1.27. The summed E-state index contributed by atoms with van der Waals surface area (Å²) in [6, 6.07) is 1.96. The number of sulfone groups is 1. The minimum absolute atomic E-state index is 0.161. The van der Waals surface area contributed by atoms with E-state index in [0.717, 1.165) is 37.0 Å². The van der Waals surface area contributed by atoms with Crippen molar-refractivity contribution in [2.24, 2.45) is 0 Å². The van der Waals surface area contributed by atoms with Gasteiger partial charge in [-0.3, -0.25) is 0 Å². The molecule has 0 spiro atoms. The van der Waals surface area contributed by atoms with Gasteiger partial charge in [0.05, 0.1) is 5.75 Å². The molecule has 0 atom stereocenters. The molecule has 1 fully saturated rings. The number of rotatable bonds is 5. The predicted molar refractivity (Wildman–Crippen MR) is 74.4 cm³/mol. The van der Waals surface area contributed by atoms with Crippen molar-refractivity contribution < 1.29 is 8.42 Å². The number of likely N-dealkylation sites (tertiary alicyclic amines) is 1. The molecule has 0 unspecified atom stereocenters. The summed E-state index contributed by atoms with van der Waals surface area (Å²) in [6.45, 7) is 5.75. The predicted octanol–water partition coefficient (Wildman–Crippen LogP) is 1.21. The maximum atomic E-state index is 11.4. The molecule has 2 heterocycles. The van der Waals surface area contributed by atoms with Crippen LogP contribution in [0, 0.1) is 0 Å². The number of hydrogen-bond acceptors (Lipinski definition) is 5. The number of piperidine rings is 1. The van der Waals surface area contributed by atoms with Gasteiger partial charge in [-0.15, -0.1) is 0 Å². The van der Waals surface area contributed by atoms with E-state index in [-0.39, 0.29) is 5.75 Å². The zero-order valence-electron chi connectivity index (χ0n) is 10.9. The topological polar surface area (TPSA) is 63.2 Å². The lowest BCUT2D eigenvalue weighted by Gasteiger charge is -2.31. The van der Waals surface area contributed by atoms with Crippen LogP contribution in [0.4, 0.5) is 0 Å². The van der Waals surface area contributed by atoms with Crippen molar-refractivity contribution >= 4 is 9.84 Å². The Morgan fingerprint density at radius 2 is 2.16 bits per heavy atom. The largest absolute Gasteiger partial charge is 0.302 e. The first-order valence-corrected chi connectivity index (χ1v) is 8.16. The first kappa shape index (κ1) is 14.1. The number of hydrogen-bond donors (Lipinski definition) is 0. The molecule has 6 heteroatoms. The van der Waals surface area contributed by atoms with Crippen LogP contribution < -0.4 is 0 Å². The van der Waals surface area contributed by atoms with Gasteiger partial charge in [0.2, 0.25) is 0 Å². The monoisotopic (exact) mass is 281 g/mol. The van der Waals surface area contributed by atoms with E-state index in [2.05, 4.69) is 21.4 Å². The third-order valence-electron chi connectivity index (χ3n) is 3.56. The smallest absolute Gasteiger partial charge is 0.172 e. The maximum Gasteiger partial charge on any atom is 0.172 e. The average molecular weight is 281 g/mol. The quantitative estimate of drug-likeness (QED) is 0.812. The van der Waals surface area contributed by atoms with Crippen molar-refractivity contribution in [3.63, 3.8) is 0 Å². The van der Waals surface area contributed by atoms with E-state index in [1.165, 1.54) is 0 Å². The Bertz CT molecular complexity index is 508. The minimum atomic E-state index is -3.08. The second kappa shape index (κ2) is 6.25. The molecule has 0 radical (unpaired) electrons. The number of nitrogens with zero attached hydrogens (tertiary/aromatic N) is 3. The molecule has 1 saturated heterocycles. The third-order valence-corrected chi connectivity index (χ3v) is 4.82. The second-order valence-electron chi connectivity index (χ2n) is 4.78. The van der Waals surface area contributed by atoms with E-state index in [0.29, 0.717) is 12.5 Å². The molecule has 104 valence electrons. The fraction of sp³-hybridized carbons (Fsp3) is 0.538. The van der Waals surface area contributed by atoms with E-state index in [1.54, 1.807) is 12.5 Å². The minimum Gasteiger partial charge on any atom is -0.302 e. The van der Waals surface area contributed by atoms with E-state index >= 15 is 0 Å². The zero-order valence-corrected chi connectivity index (χ0v) is 11.7. The normalized spacial score (nSPS) is 18.3. The van der Waals surface area contributed by atoms with E-state index in [4.69, 9.17) is 0 Å². The molecule has 0 bridgehead atoms. The zero-order chi connectivity index (χ0) is 13.7. The fourth-order valence-corrected chi connectivity index (χ4v) is 3.01. The highest BCUT2D eigenvalue weighted by molar-refractivity contribution is 7.94. The SMILES string of the molecule is C=CS(=O)(=O)CCN1CCC(c2ccncn2)CC1. The summed E-state index contributed by atoms with van der Waals surface area (Å²) in [4.78, 5) is 10.4. The van der Waals surface area contributed by atoms with Crippen LogP contribution in [0.2, 0.25) is 0 Å². The van der Waals surface area contributed by atoms with Crippen LogP contribution in [0.3, 0.4) is 0 Å². The highest BCUT2D eigenvalue weighted by Gasteiger charge is 2.22. The van der Waals surface area contributed by atoms with Gasteiger partial charge in [-0.2, -0.15) is 0 Å². The highest BCUT2D eigenvalue weighted by Crippen LogP contribution is 2.25. The van der Waals surface area contributed by atoms with Crippen LogP contribution in [0.25, 0.3) is 0 Å². The van der Waals surface area contributed by atoms with Crippen molar-refractivity contribution in [1.29, 1.82) is 0 Å².